The van der Waals surface area contributed by atoms with E-state index in [1.807, 2.05) is 6.08 Å². The van der Waals surface area contributed by atoms with E-state index < -0.39 is 0 Å². The summed E-state index contributed by atoms with van der Waals surface area (Å²) >= 11 is 2.20. The van der Waals surface area contributed by atoms with Crippen molar-refractivity contribution < 1.29 is 0 Å². The fourth-order valence-electron chi connectivity index (χ4n) is 0.433. The van der Waals surface area contributed by atoms with Crippen molar-refractivity contribution in [2.24, 2.45) is 0 Å². The molecule has 0 unspecified atom stereocenters. The number of hydrogen-bond donors (Lipinski definition) is 0. The normalized spacial score (nSPS) is 11.4. The second-order valence-electron chi connectivity index (χ2n) is 3.05. The van der Waals surface area contributed by atoms with E-state index in [1.54, 1.807) is 0 Å². The van der Waals surface area contributed by atoms with Crippen LogP contribution in [0.25, 0.3) is 0 Å². The Morgan fingerprint density at radius 1 is 1.71 bits per heavy atom. The first-order valence-electron chi connectivity index (χ1n) is 2.67. The summed E-state index contributed by atoms with van der Waals surface area (Å²) in [5.74, 6) is 0. The van der Waals surface area contributed by atoms with Crippen molar-refractivity contribution in [3.05, 3.63) is 12.7 Å². The minimum absolute atomic E-state index is 0.432. The standard InChI is InChI=1S/C6H11.Li/c1-4-5-6(2)3;/h4H,1,5H2,2-3H3;. The summed E-state index contributed by atoms with van der Waals surface area (Å²) in [7, 11) is 0. The maximum atomic E-state index is 3.65. The molecule has 0 bridgehead atoms. The zero-order valence-corrected chi connectivity index (χ0v) is 5.49. The molecule has 0 aromatic carbocycles. The van der Waals surface area contributed by atoms with Gasteiger partial charge in [-0.05, 0) is 0 Å². The third-order valence-electron chi connectivity index (χ3n) is 0.757. The molecule has 36 valence electrons. The Hall–Kier alpha value is 0.337. The molecule has 0 aromatic rings. The molecule has 0 rings (SSSR count). The van der Waals surface area contributed by atoms with E-state index in [2.05, 4.69) is 38.1 Å². The number of rotatable bonds is 2. The molecule has 0 radical (unpaired) electrons. The summed E-state index contributed by atoms with van der Waals surface area (Å²) in [6.45, 7) is 8.05. The molecule has 7 heavy (non-hydrogen) atoms. The van der Waals surface area contributed by atoms with Crippen molar-refractivity contribution in [1.29, 1.82) is 0 Å². The van der Waals surface area contributed by atoms with E-state index in [1.165, 1.54) is 0 Å². The van der Waals surface area contributed by atoms with Crippen LogP contribution in [-0.4, -0.2) is 17.7 Å². The topological polar surface area (TPSA) is 0 Å². The van der Waals surface area contributed by atoms with Gasteiger partial charge in [-0.15, -0.1) is 0 Å². The van der Waals surface area contributed by atoms with Gasteiger partial charge in [0.15, 0.2) is 0 Å². The molecule has 0 amide bonds. The quantitative estimate of drug-likeness (QED) is 0.359. The average Bonchev–Trinajstić information content (AvgIpc) is 1.30. The van der Waals surface area contributed by atoms with Crippen molar-refractivity contribution >= 4 is 17.7 Å². The van der Waals surface area contributed by atoms with E-state index in [4.69, 9.17) is 0 Å². The van der Waals surface area contributed by atoms with Crippen LogP contribution in [-0.2, 0) is 0 Å². The van der Waals surface area contributed by atoms with Gasteiger partial charge in [-0.1, -0.05) is 0 Å². The van der Waals surface area contributed by atoms with Crippen LogP contribution in [0.3, 0.4) is 0 Å². The zero-order valence-electron chi connectivity index (χ0n) is 5.49. The van der Waals surface area contributed by atoms with Crippen LogP contribution in [0.1, 0.15) is 20.3 Å². The van der Waals surface area contributed by atoms with Gasteiger partial charge in [0.25, 0.3) is 0 Å². The Morgan fingerprint density at radius 3 is 2.14 bits per heavy atom. The van der Waals surface area contributed by atoms with Crippen molar-refractivity contribution in [2.75, 3.05) is 0 Å². The Balaban J connectivity index is 3.34. The summed E-state index contributed by atoms with van der Waals surface area (Å²) in [5.41, 5.74) is 0. The summed E-state index contributed by atoms with van der Waals surface area (Å²) < 4.78 is 0.432. The maximum absolute atomic E-state index is 3.65. The SMILES string of the molecule is [Li][C](C)(C)CC=C. The van der Waals surface area contributed by atoms with Gasteiger partial charge in [0.1, 0.15) is 0 Å². The molecule has 0 saturated carbocycles. The molecule has 0 aliphatic rings. The number of hydrogen-bond acceptors (Lipinski definition) is 0. The summed E-state index contributed by atoms with van der Waals surface area (Å²) in [6, 6.07) is 0. The summed E-state index contributed by atoms with van der Waals surface area (Å²) in [5, 5.41) is 0. The molecule has 0 aliphatic carbocycles. The van der Waals surface area contributed by atoms with Crippen LogP contribution in [0, 0.1) is 0 Å². The first-order valence-corrected chi connectivity index (χ1v) is 2.67. The fraction of sp³-hybridized carbons (Fsp3) is 0.667. The van der Waals surface area contributed by atoms with E-state index in [-0.39, 0.29) is 0 Å². The van der Waals surface area contributed by atoms with Crippen LogP contribution >= 0.6 is 0 Å². The van der Waals surface area contributed by atoms with E-state index >= 15 is 0 Å². The molecule has 0 saturated heterocycles. The van der Waals surface area contributed by atoms with Crippen LogP contribution in [0.2, 0.25) is 4.09 Å². The van der Waals surface area contributed by atoms with Crippen LogP contribution in [0.15, 0.2) is 12.7 Å². The van der Waals surface area contributed by atoms with Crippen molar-refractivity contribution in [1.82, 2.24) is 0 Å². The van der Waals surface area contributed by atoms with Gasteiger partial charge < -0.3 is 0 Å². The van der Waals surface area contributed by atoms with Gasteiger partial charge in [-0.3, -0.25) is 0 Å². The first-order chi connectivity index (χ1) is 3.06. The molecule has 0 atom stereocenters. The molecule has 0 aromatic heterocycles. The van der Waals surface area contributed by atoms with Crippen LogP contribution in [0.5, 0.6) is 0 Å². The Morgan fingerprint density at radius 2 is 2.14 bits per heavy atom. The molecule has 0 N–H and O–H groups in total. The monoisotopic (exact) mass is 90.1 g/mol. The van der Waals surface area contributed by atoms with E-state index in [0.29, 0.717) is 4.09 Å². The van der Waals surface area contributed by atoms with Gasteiger partial charge in [-0.2, -0.15) is 0 Å². The van der Waals surface area contributed by atoms with Gasteiger partial charge in [0.2, 0.25) is 0 Å². The summed E-state index contributed by atoms with van der Waals surface area (Å²) in [6.07, 6.45) is 3.06. The van der Waals surface area contributed by atoms with Gasteiger partial charge in [0, 0.05) is 0 Å². The number of allylic oxidation sites excluding steroid dienone is 1. The van der Waals surface area contributed by atoms with Gasteiger partial charge in [0.05, 0.1) is 0 Å². The molecule has 0 fully saturated rings. The fourth-order valence-corrected chi connectivity index (χ4v) is 0.433. The predicted molar refractivity (Wildman–Crippen MR) is 34.6 cm³/mol. The second-order valence-corrected chi connectivity index (χ2v) is 3.05. The third-order valence-corrected chi connectivity index (χ3v) is 0.757. The molecule has 0 nitrogen and oxygen atoms in total. The molecule has 0 spiro atoms. The van der Waals surface area contributed by atoms with Gasteiger partial charge in [-0.25, -0.2) is 0 Å². The van der Waals surface area contributed by atoms with Gasteiger partial charge >= 0.3 is 54.7 Å². The third kappa shape index (κ3) is 6.34. The molecular weight excluding hydrogens is 79.0 g/mol. The van der Waals surface area contributed by atoms with E-state index in [9.17, 15) is 0 Å². The average molecular weight is 90.1 g/mol. The Bertz CT molecular complexity index is 59.1. The van der Waals surface area contributed by atoms with Crippen molar-refractivity contribution in [3.8, 4) is 0 Å². The van der Waals surface area contributed by atoms with Crippen molar-refractivity contribution in [2.45, 2.75) is 24.4 Å². The second kappa shape index (κ2) is 2.60. The molecule has 0 aliphatic heterocycles. The predicted octanol–water partition coefficient (Wildman–Crippen LogP) is 1.93. The van der Waals surface area contributed by atoms with Crippen LogP contribution < -0.4 is 0 Å². The first kappa shape index (κ1) is 7.34. The Labute approximate surface area is 55.2 Å². The van der Waals surface area contributed by atoms with E-state index in [0.717, 1.165) is 6.42 Å². The minimum atomic E-state index is 0.432. The molecule has 0 heterocycles. The van der Waals surface area contributed by atoms with Crippen LogP contribution in [0.4, 0.5) is 0 Å². The van der Waals surface area contributed by atoms with Crippen molar-refractivity contribution in [3.63, 3.8) is 0 Å². The summed E-state index contributed by atoms with van der Waals surface area (Å²) in [4.78, 5) is 0. The Kier molecular flexibility index (Phi) is 2.72. The molecule has 1 heteroatoms. The zero-order chi connectivity index (χ0) is 5.91. The molecular formula is C6H11Li.